The zero-order chi connectivity index (χ0) is 10.6. The predicted octanol–water partition coefficient (Wildman–Crippen LogP) is 3.02. The highest BCUT2D eigenvalue weighted by Crippen LogP contribution is 2.32. The van der Waals surface area contributed by atoms with Crippen molar-refractivity contribution < 1.29 is 9.90 Å². The van der Waals surface area contributed by atoms with E-state index in [4.69, 9.17) is 0 Å². The van der Waals surface area contributed by atoms with Crippen molar-refractivity contribution in [3.8, 4) is 5.75 Å². The maximum atomic E-state index is 10.6. The average Bonchev–Trinajstić information content (AvgIpc) is 2.20. The summed E-state index contributed by atoms with van der Waals surface area (Å²) in [5.74, 6) is 1.25. The molecule has 1 aromatic carbocycles. The van der Waals surface area contributed by atoms with E-state index in [9.17, 15) is 9.90 Å². The first-order valence-electron chi connectivity index (χ1n) is 4.60. The Bertz CT molecular complexity index is 334. The van der Waals surface area contributed by atoms with Crippen LogP contribution in [0.25, 0.3) is 0 Å². The maximum Gasteiger partial charge on any atom is 0.150 e. The van der Waals surface area contributed by atoms with Gasteiger partial charge in [0, 0.05) is 5.56 Å². The highest BCUT2D eigenvalue weighted by molar-refractivity contribution is 7.99. The van der Waals surface area contributed by atoms with Gasteiger partial charge in [-0.25, -0.2) is 0 Å². The van der Waals surface area contributed by atoms with Gasteiger partial charge in [-0.05, 0) is 36.8 Å². The normalized spacial score (nSPS) is 10.1. The van der Waals surface area contributed by atoms with Gasteiger partial charge < -0.3 is 5.11 Å². The monoisotopic (exact) mass is 210 g/mol. The fourth-order valence-electron chi connectivity index (χ4n) is 1.16. The summed E-state index contributed by atoms with van der Waals surface area (Å²) >= 11 is 1.58. The van der Waals surface area contributed by atoms with Crippen molar-refractivity contribution in [2.24, 2.45) is 0 Å². The predicted molar refractivity (Wildman–Crippen MR) is 59.2 cm³/mol. The van der Waals surface area contributed by atoms with Crippen molar-refractivity contribution >= 4 is 18.0 Å². The molecule has 0 aliphatic carbocycles. The Balaban J connectivity index is 3.00. The minimum absolute atomic E-state index is 0.300. The summed E-state index contributed by atoms with van der Waals surface area (Å²) in [6, 6.07) is 3.42. The summed E-state index contributed by atoms with van der Waals surface area (Å²) in [4.78, 5) is 11.4. The van der Waals surface area contributed by atoms with Gasteiger partial charge in [0.15, 0.2) is 0 Å². The van der Waals surface area contributed by atoms with E-state index in [0.717, 1.165) is 28.9 Å². The maximum absolute atomic E-state index is 10.6. The molecule has 0 aliphatic rings. The topological polar surface area (TPSA) is 37.3 Å². The molecule has 0 spiro atoms. The molecule has 0 aliphatic heterocycles. The van der Waals surface area contributed by atoms with Gasteiger partial charge in [0.2, 0.25) is 0 Å². The van der Waals surface area contributed by atoms with Crippen LogP contribution >= 0.6 is 11.8 Å². The van der Waals surface area contributed by atoms with Crippen molar-refractivity contribution in [1.82, 2.24) is 0 Å². The largest absolute Gasteiger partial charge is 0.507 e. The molecule has 14 heavy (non-hydrogen) atoms. The van der Waals surface area contributed by atoms with Crippen LogP contribution in [0.4, 0.5) is 0 Å². The van der Waals surface area contributed by atoms with Crippen LogP contribution in [0.3, 0.4) is 0 Å². The smallest absolute Gasteiger partial charge is 0.150 e. The molecule has 76 valence electrons. The van der Waals surface area contributed by atoms with E-state index >= 15 is 0 Å². The number of aryl methyl sites for hydroxylation is 1. The number of hydrogen-bond donors (Lipinski definition) is 1. The number of phenolic OH excluding ortho intramolecular Hbond substituents is 1. The molecule has 0 fully saturated rings. The third kappa shape index (κ3) is 2.51. The first-order chi connectivity index (χ1) is 6.69. The van der Waals surface area contributed by atoms with Crippen LogP contribution in [0.15, 0.2) is 17.0 Å². The number of carbonyl (C=O) groups is 1. The summed E-state index contributed by atoms with van der Waals surface area (Å²) < 4.78 is 0. The molecule has 3 heteroatoms. The van der Waals surface area contributed by atoms with E-state index in [2.05, 4.69) is 6.92 Å². The molecular formula is C11H14O2S. The van der Waals surface area contributed by atoms with Crippen LogP contribution in [-0.2, 0) is 0 Å². The van der Waals surface area contributed by atoms with Crippen LogP contribution in [0.2, 0.25) is 0 Å². The summed E-state index contributed by atoms with van der Waals surface area (Å²) in [5.41, 5.74) is 1.38. The molecule has 0 saturated carbocycles. The Morgan fingerprint density at radius 3 is 2.79 bits per heavy atom. The van der Waals surface area contributed by atoms with Gasteiger partial charge in [0.05, 0.1) is 4.90 Å². The Labute approximate surface area is 88.3 Å². The van der Waals surface area contributed by atoms with Crippen molar-refractivity contribution in [2.75, 3.05) is 5.75 Å². The van der Waals surface area contributed by atoms with E-state index in [1.54, 1.807) is 30.8 Å². The minimum atomic E-state index is 0.300. The zero-order valence-electron chi connectivity index (χ0n) is 8.41. The standard InChI is InChI=1S/C11H14O2S/c1-3-4-14-10-6-9(7-12)5-8(2)11(10)13/h5-7,13H,3-4H2,1-2H3. The number of phenols is 1. The highest BCUT2D eigenvalue weighted by atomic mass is 32.2. The molecule has 2 nitrogen and oxygen atoms in total. The summed E-state index contributed by atoms with van der Waals surface area (Å²) in [7, 11) is 0. The Kier molecular flexibility index (Phi) is 4.01. The molecule has 0 aromatic heterocycles. The van der Waals surface area contributed by atoms with Crippen LogP contribution in [0.5, 0.6) is 5.75 Å². The Hall–Kier alpha value is -0.960. The number of rotatable bonds is 4. The number of thioether (sulfide) groups is 1. The molecule has 0 saturated heterocycles. The van der Waals surface area contributed by atoms with Gasteiger partial charge in [-0.15, -0.1) is 11.8 Å². The fourth-order valence-corrected chi connectivity index (χ4v) is 2.11. The lowest BCUT2D eigenvalue weighted by Crippen LogP contribution is -1.87. The Morgan fingerprint density at radius 2 is 2.21 bits per heavy atom. The summed E-state index contributed by atoms with van der Waals surface area (Å²) in [5, 5.41) is 9.71. The number of carbonyl (C=O) groups excluding carboxylic acids is 1. The van der Waals surface area contributed by atoms with E-state index in [1.165, 1.54) is 0 Å². The zero-order valence-corrected chi connectivity index (χ0v) is 9.23. The number of aldehydes is 1. The van der Waals surface area contributed by atoms with E-state index in [-0.39, 0.29) is 0 Å². The molecule has 0 amide bonds. The second-order valence-corrected chi connectivity index (χ2v) is 4.29. The molecule has 0 radical (unpaired) electrons. The third-order valence-electron chi connectivity index (χ3n) is 1.89. The van der Waals surface area contributed by atoms with E-state index in [1.807, 2.05) is 0 Å². The average molecular weight is 210 g/mol. The SMILES string of the molecule is CCCSc1cc(C=O)cc(C)c1O. The van der Waals surface area contributed by atoms with Crippen LogP contribution in [0, 0.1) is 6.92 Å². The van der Waals surface area contributed by atoms with Gasteiger partial charge in [-0.2, -0.15) is 0 Å². The molecule has 1 N–H and O–H groups in total. The molecule has 1 rings (SSSR count). The lowest BCUT2D eigenvalue weighted by molar-refractivity contribution is 0.112. The van der Waals surface area contributed by atoms with E-state index < -0.39 is 0 Å². The molecule has 0 unspecified atom stereocenters. The number of aromatic hydroxyl groups is 1. The van der Waals surface area contributed by atoms with Crippen LogP contribution in [-0.4, -0.2) is 17.1 Å². The summed E-state index contributed by atoms with van der Waals surface area (Å²) in [6.07, 6.45) is 1.86. The number of hydrogen-bond acceptors (Lipinski definition) is 3. The van der Waals surface area contributed by atoms with Gasteiger partial charge >= 0.3 is 0 Å². The molecule has 0 bridgehead atoms. The first-order valence-corrected chi connectivity index (χ1v) is 5.59. The van der Waals surface area contributed by atoms with Gasteiger partial charge in [0.1, 0.15) is 12.0 Å². The summed E-state index contributed by atoms with van der Waals surface area (Å²) in [6.45, 7) is 3.89. The van der Waals surface area contributed by atoms with Gasteiger partial charge in [0.25, 0.3) is 0 Å². The van der Waals surface area contributed by atoms with Gasteiger partial charge in [-0.3, -0.25) is 4.79 Å². The van der Waals surface area contributed by atoms with Crippen LogP contribution in [0.1, 0.15) is 29.3 Å². The molecule has 0 heterocycles. The van der Waals surface area contributed by atoms with Crippen molar-refractivity contribution in [1.29, 1.82) is 0 Å². The lowest BCUT2D eigenvalue weighted by Gasteiger charge is -2.07. The third-order valence-corrected chi connectivity index (χ3v) is 3.12. The first kappa shape index (κ1) is 11.1. The van der Waals surface area contributed by atoms with Crippen LogP contribution < -0.4 is 0 Å². The van der Waals surface area contributed by atoms with Crippen molar-refractivity contribution in [3.63, 3.8) is 0 Å². The van der Waals surface area contributed by atoms with Crippen molar-refractivity contribution in [3.05, 3.63) is 23.3 Å². The molecular weight excluding hydrogens is 196 g/mol. The van der Waals surface area contributed by atoms with Crippen molar-refractivity contribution in [2.45, 2.75) is 25.2 Å². The Morgan fingerprint density at radius 1 is 1.50 bits per heavy atom. The van der Waals surface area contributed by atoms with Gasteiger partial charge in [-0.1, -0.05) is 6.92 Å². The molecule has 0 atom stereocenters. The van der Waals surface area contributed by atoms with E-state index in [0.29, 0.717) is 11.3 Å². The second kappa shape index (κ2) is 5.05. The lowest BCUT2D eigenvalue weighted by atomic mass is 10.1. The highest BCUT2D eigenvalue weighted by Gasteiger charge is 2.06. The fraction of sp³-hybridized carbons (Fsp3) is 0.364. The molecule has 1 aromatic rings. The number of benzene rings is 1. The quantitative estimate of drug-likeness (QED) is 0.613. The minimum Gasteiger partial charge on any atom is -0.507 e. The second-order valence-electron chi connectivity index (χ2n) is 3.15.